The van der Waals surface area contributed by atoms with Crippen LogP contribution in [0.15, 0.2) is 0 Å². The van der Waals surface area contributed by atoms with Crippen LogP contribution in [0.4, 0.5) is 0 Å². The zero-order valence-electron chi connectivity index (χ0n) is 10.9. The van der Waals surface area contributed by atoms with Crippen LogP contribution >= 0.6 is 0 Å². The van der Waals surface area contributed by atoms with Crippen molar-refractivity contribution in [2.45, 2.75) is 37.8 Å². The van der Waals surface area contributed by atoms with Crippen molar-refractivity contribution in [2.75, 3.05) is 40.0 Å². The molecule has 2 aliphatic heterocycles. The number of ether oxygens (including phenoxy) is 2. The van der Waals surface area contributed by atoms with Crippen LogP contribution in [-0.4, -0.2) is 57.0 Å². The molecule has 0 aromatic carbocycles. The van der Waals surface area contributed by atoms with E-state index in [9.17, 15) is 0 Å². The minimum atomic E-state index is 0.242. The monoisotopic (exact) mass is 242 g/mol. The Morgan fingerprint density at radius 1 is 1.29 bits per heavy atom. The van der Waals surface area contributed by atoms with E-state index < -0.39 is 0 Å². The minimum Gasteiger partial charge on any atom is -0.381 e. The van der Waals surface area contributed by atoms with Crippen molar-refractivity contribution in [1.82, 2.24) is 4.90 Å². The molecular formula is C13H26N2O2. The summed E-state index contributed by atoms with van der Waals surface area (Å²) in [5, 5.41) is 0. The highest BCUT2D eigenvalue weighted by molar-refractivity contribution is 4.79. The van der Waals surface area contributed by atoms with E-state index in [-0.39, 0.29) is 6.04 Å². The highest BCUT2D eigenvalue weighted by Crippen LogP contribution is 2.17. The third kappa shape index (κ3) is 4.21. The molecule has 2 N–H and O–H groups in total. The largest absolute Gasteiger partial charge is 0.381 e. The summed E-state index contributed by atoms with van der Waals surface area (Å²) < 4.78 is 11.1. The van der Waals surface area contributed by atoms with Crippen LogP contribution in [0.25, 0.3) is 0 Å². The van der Waals surface area contributed by atoms with Crippen molar-refractivity contribution < 1.29 is 9.47 Å². The third-order valence-electron chi connectivity index (χ3n) is 3.88. The molecule has 0 bridgehead atoms. The van der Waals surface area contributed by atoms with E-state index in [2.05, 4.69) is 11.9 Å². The quantitative estimate of drug-likeness (QED) is 0.776. The van der Waals surface area contributed by atoms with Crippen molar-refractivity contribution in [3.8, 4) is 0 Å². The van der Waals surface area contributed by atoms with Crippen LogP contribution in [-0.2, 0) is 9.47 Å². The predicted molar refractivity (Wildman–Crippen MR) is 68.0 cm³/mol. The number of rotatable bonds is 5. The maximum atomic E-state index is 6.22. The van der Waals surface area contributed by atoms with Gasteiger partial charge in [0, 0.05) is 38.3 Å². The van der Waals surface area contributed by atoms with Crippen LogP contribution in [0.3, 0.4) is 0 Å². The van der Waals surface area contributed by atoms with Gasteiger partial charge >= 0.3 is 0 Å². The van der Waals surface area contributed by atoms with Crippen LogP contribution in [0, 0.1) is 5.92 Å². The highest BCUT2D eigenvalue weighted by Gasteiger charge is 2.24. The Kier molecular flexibility index (Phi) is 5.22. The zero-order valence-corrected chi connectivity index (χ0v) is 10.9. The highest BCUT2D eigenvalue weighted by atomic mass is 16.5. The van der Waals surface area contributed by atoms with Gasteiger partial charge in [-0.1, -0.05) is 0 Å². The van der Waals surface area contributed by atoms with E-state index in [1.165, 1.54) is 19.3 Å². The molecule has 2 aliphatic rings. The first-order valence-electron chi connectivity index (χ1n) is 6.89. The molecule has 3 atom stereocenters. The normalized spacial score (nSPS) is 31.9. The number of nitrogens with two attached hydrogens (primary N) is 1. The average molecular weight is 242 g/mol. The summed E-state index contributed by atoms with van der Waals surface area (Å²) in [5.41, 5.74) is 6.22. The molecular weight excluding hydrogens is 216 g/mol. The van der Waals surface area contributed by atoms with Gasteiger partial charge in [-0.05, 0) is 32.7 Å². The summed E-state index contributed by atoms with van der Waals surface area (Å²) >= 11 is 0. The lowest BCUT2D eigenvalue weighted by Gasteiger charge is -2.30. The number of likely N-dealkylation sites (N-methyl/N-ethyl adjacent to an activating group) is 1. The first kappa shape index (κ1) is 13.3. The molecule has 3 unspecified atom stereocenters. The van der Waals surface area contributed by atoms with Crippen molar-refractivity contribution in [3.63, 3.8) is 0 Å². The second kappa shape index (κ2) is 6.69. The van der Waals surface area contributed by atoms with Gasteiger partial charge in [-0.25, -0.2) is 0 Å². The van der Waals surface area contributed by atoms with E-state index in [0.29, 0.717) is 12.0 Å². The smallest absolute Gasteiger partial charge is 0.0701 e. The molecule has 0 spiro atoms. The molecule has 17 heavy (non-hydrogen) atoms. The Bertz CT molecular complexity index is 213. The first-order valence-corrected chi connectivity index (χ1v) is 6.89. The van der Waals surface area contributed by atoms with E-state index in [4.69, 9.17) is 15.2 Å². The van der Waals surface area contributed by atoms with Gasteiger partial charge < -0.3 is 20.1 Å². The maximum absolute atomic E-state index is 6.22. The van der Waals surface area contributed by atoms with Gasteiger partial charge in [-0.2, -0.15) is 0 Å². The standard InChI is InChI=1S/C13H26N2O2/c1-15(8-12-4-2-3-6-17-12)9-13(14)11-5-7-16-10-11/h11-13H,2-10,14H2,1H3. The summed E-state index contributed by atoms with van der Waals surface area (Å²) in [7, 11) is 2.15. The first-order chi connectivity index (χ1) is 8.25. The molecule has 100 valence electrons. The molecule has 4 nitrogen and oxygen atoms in total. The molecule has 2 fully saturated rings. The lowest BCUT2D eigenvalue weighted by Crippen LogP contribution is -2.44. The number of hydrogen-bond acceptors (Lipinski definition) is 4. The van der Waals surface area contributed by atoms with Crippen LogP contribution in [0.1, 0.15) is 25.7 Å². The van der Waals surface area contributed by atoms with Crippen molar-refractivity contribution >= 4 is 0 Å². The molecule has 0 radical (unpaired) electrons. The summed E-state index contributed by atoms with van der Waals surface area (Å²) in [6.45, 7) is 4.62. The minimum absolute atomic E-state index is 0.242. The second-order valence-electron chi connectivity index (χ2n) is 5.50. The van der Waals surface area contributed by atoms with E-state index >= 15 is 0 Å². The SMILES string of the molecule is CN(CC1CCCCO1)CC(N)C1CCOC1. The van der Waals surface area contributed by atoms with Gasteiger partial charge in [0.2, 0.25) is 0 Å². The molecule has 4 heteroatoms. The summed E-state index contributed by atoms with van der Waals surface area (Å²) in [6, 6.07) is 0.242. The second-order valence-corrected chi connectivity index (χ2v) is 5.50. The topological polar surface area (TPSA) is 47.7 Å². The number of hydrogen-bond donors (Lipinski definition) is 1. The summed E-state index contributed by atoms with van der Waals surface area (Å²) in [6.07, 6.45) is 5.27. The molecule has 0 aliphatic carbocycles. The van der Waals surface area contributed by atoms with Crippen molar-refractivity contribution in [3.05, 3.63) is 0 Å². The third-order valence-corrected chi connectivity index (χ3v) is 3.88. The Balaban J connectivity index is 1.66. The Hall–Kier alpha value is -0.160. The lowest BCUT2D eigenvalue weighted by atomic mass is 9.99. The van der Waals surface area contributed by atoms with Gasteiger partial charge in [-0.3, -0.25) is 0 Å². The molecule has 0 amide bonds. The van der Waals surface area contributed by atoms with Crippen LogP contribution in [0.2, 0.25) is 0 Å². The van der Waals surface area contributed by atoms with Gasteiger partial charge in [0.25, 0.3) is 0 Å². The van der Waals surface area contributed by atoms with E-state index in [0.717, 1.165) is 39.3 Å². The number of nitrogens with zero attached hydrogens (tertiary/aromatic N) is 1. The van der Waals surface area contributed by atoms with Crippen molar-refractivity contribution in [1.29, 1.82) is 0 Å². The van der Waals surface area contributed by atoms with Gasteiger partial charge in [0.15, 0.2) is 0 Å². The lowest BCUT2D eigenvalue weighted by molar-refractivity contribution is -0.00291. The molecule has 2 rings (SSSR count). The van der Waals surface area contributed by atoms with Crippen LogP contribution in [0.5, 0.6) is 0 Å². The Morgan fingerprint density at radius 3 is 2.82 bits per heavy atom. The van der Waals surface area contributed by atoms with E-state index in [1.807, 2.05) is 0 Å². The van der Waals surface area contributed by atoms with Gasteiger partial charge in [0.1, 0.15) is 0 Å². The summed E-state index contributed by atoms with van der Waals surface area (Å²) in [4.78, 5) is 2.32. The fourth-order valence-corrected chi connectivity index (χ4v) is 2.77. The predicted octanol–water partition coefficient (Wildman–Crippen LogP) is 0.851. The summed E-state index contributed by atoms with van der Waals surface area (Å²) in [5.74, 6) is 0.546. The zero-order chi connectivity index (χ0) is 12.1. The Labute approximate surface area is 104 Å². The van der Waals surface area contributed by atoms with Gasteiger partial charge in [-0.15, -0.1) is 0 Å². The van der Waals surface area contributed by atoms with Gasteiger partial charge in [0.05, 0.1) is 12.7 Å². The molecule has 0 aromatic rings. The molecule has 2 saturated heterocycles. The van der Waals surface area contributed by atoms with E-state index in [1.54, 1.807) is 0 Å². The maximum Gasteiger partial charge on any atom is 0.0701 e. The molecule has 2 heterocycles. The fraction of sp³-hybridized carbons (Fsp3) is 1.00. The van der Waals surface area contributed by atoms with Crippen LogP contribution < -0.4 is 5.73 Å². The Morgan fingerprint density at radius 2 is 2.18 bits per heavy atom. The fourth-order valence-electron chi connectivity index (χ4n) is 2.77. The average Bonchev–Trinajstić information content (AvgIpc) is 2.83. The van der Waals surface area contributed by atoms with Crippen molar-refractivity contribution in [2.24, 2.45) is 11.7 Å². The molecule has 0 aromatic heterocycles. The molecule has 0 saturated carbocycles.